The van der Waals surface area contributed by atoms with Gasteiger partial charge in [0, 0.05) is 10.9 Å². The monoisotopic (exact) mass is 348 g/mol. The summed E-state index contributed by atoms with van der Waals surface area (Å²) in [4.78, 5) is 12.8. The van der Waals surface area contributed by atoms with Gasteiger partial charge in [0.1, 0.15) is 0 Å². The van der Waals surface area contributed by atoms with Crippen LogP contribution in [0.2, 0.25) is 0 Å². The van der Waals surface area contributed by atoms with Crippen LogP contribution in [-0.4, -0.2) is 5.52 Å². The van der Waals surface area contributed by atoms with Gasteiger partial charge in [-0.1, -0.05) is 72.3 Å². The zero-order valence-electron chi connectivity index (χ0n) is 14.7. The number of aryl methyl sites for hydroxylation is 3. The molecule has 25 heavy (non-hydrogen) atoms. The first-order valence-corrected chi connectivity index (χ1v) is 9.70. The van der Waals surface area contributed by atoms with Gasteiger partial charge in [-0.25, -0.2) is 0 Å². The average Bonchev–Trinajstić information content (AvgIpc) is 2.61. The van der Waals surface area contributed by atoms with Crippen molar-refractivity contribution >= 4 is 18.6 Å². The molecule has 0 saturated heterocycles. The summed E-state index contributed by atoms with van der Waals surface area (Å²) in [5.74, 6) is 0. The van der Waals surface area contributed by atoms with E-state index in [0.717, 1.165) is 27.8 Å². The Balaban J connectivity index is 1.90. The zero-order chi connectivity index (χ0) is 18.0. The van der Waals surface area contributed by atoms with Crippen molar-refractivity contribution in [1.82, 2.24) is 0 Å². The molecule has 0 heterocycles. The van der Waals surface area contributed by atoms with Crippen LogP contribution in [0, 0.1) is 20.8 Å². The summed E-state index contributed by atoms with van der Waals surface area (Å²) in [6.07, 6.45) is 0. The van der Waals surface area contributed by atoms with E-state index in [1.165, 1.54) is 0 Å². The van der Waals surface area contributed by atoms with Gasteiger partial charge in [0.15, 0.2) is 7.80 Å². The van der Waals surface area contributed by atoms with E-state index in [-0.39, 0.29) is 5.52 Å². The Kier molecular flexibility index (Phi) is 5.01. The van der Waals surface area contributed by atoms with Crippen molar-refractivity contribution in [1.29, 1.82) is 0 Å². The van der Waals surface area contributed by atoms with Crippen LogP contribution in [0.4, 0.5) is 0 Å². The van der Waals surface area contributed by atoms with Gasteiger partial charge in [0.05, 0.1) is 0 Å². The van der Waals surface area contributed by atoms with Crippen molar-refractivity contribution in [3.63, 3.8) is 0 Å². The van der Waals surface area contributed by atoms with E-state index in [1.807, 2.05) is 75.4 Å². The molecule has 0 aliphatic rings. The summed E-state index contributed by atoms with van der Waals surface area (Å²) in [7, 11) is -2.54. The van der Waals surface area contributed by atoms with Crippen molar-refractivity contribution in [3.05, 3.63) is 89.0 Å². The maximum absolute atomic E-state index is 12.8. The first kappa shape index (κ1) is 17.4. The number of carbonyl (C=O) groups is 1. The van der Waals surface area contributed by atoms with Gasteiger partial charge in [0.25, 0.3) is 0 Å². The molecule has 0 bridgehead atoms. The molecule has 0 spiro atoms. The molecule has 3 aromatic rings. The van der Waals surface area contributed by atoms with E-state index >= 15 is 0 Å². The van der Waals surface area contributed by atoms with Crippen LogP contribution in [0.3, 0.4) is 0 Å². The molecular formula is C22H21O2P. The minimum atomic E-state index is -2.54. The zero-order valence-corrected chi connectivity index (χ0v) is 15.7. The van der Waals surface area contributed by atoms with E-state index in [9.17, 15) is 9.36 Å². The Morgan fingerprint density at radius 3 is 1.84 bits per heavy atom. The molecule has 1 unspecified atom stereocenters. The predicted octanol–water partition coefficient (Wildman–Crippen LogP) is 5.30. The van der Waals surface area contributed by atoms with Crippen LogP contribution >= 0.6 is 7.80 Å². The third-order valence-electron chi connectivity index (χ3n) is 4.36. The molecule has 0 aliphatic heterocycles. The Morgan fingerprint density at radius 1 is 0.760 bits per heavy atom. The highest BCUT2D eigenvalue weighted by Gasteiger charge is 2.20. The summed E-state index contributed by atoms with van der Waals surface area (Å²) in [5, 5.41) is 0.606. The van der Waals surface area contributed by atoms with E-state index in [1.54, 1.807) is 12.1 Å². The van der Waals surface area contributed by atoms with Gasteiger partial charge in [-0.2, -0.15) is 0 Å². The van der Waals surface area contributed by atoms with Gasteiger partial charge in [-0.05, 0) is 43.0 Å². The third kappa shape index (κ3) is 3.65. The third-order valence-corrected chi connectivity index (χ3v) is 5.88. The molecule has 3 aromatic carbocycles. The Bertz CT molecular complexity index is 919. The largest absolute Gasteiger partial charge is 0.313 e. The fourth-order valence-corrected chi connectivity index (χ4v) is 4.58. The molecule has 0 radical (unpaired) electrons. The minimum absolute atomic E-state index is 0.257. The quantitative estimate of drug-likeness (QED) is 0.599. The average molecular weight is 348 g/mol. The molecule has 3 rings (SSSR count). The molecule has 0 fully saturated rings. The van der Waals surface area contributed by atoms with Crippen molar-refractivity contribution in [2.45, 2.75) is 20.8 Å². The molecule has 126 valence electrons. The smallest absolute Gasteiger partial charge is 0.223 e. The number of benzene rings is 3. The molecule has 0 N–H and O–H groups in total. The highest BCUT2D eigenvalue weighted by molar-refractivity contribution is 7.71. The first-order chi connectivity index (χ1) is 12.0. The van der Waals surface area contributed by atoms with Crippen LogP contribution in [-0.2, 0) is 4.57 Å². The van der Waals surface area contributed by atoms with Gasteiger partial charge in [-0.3, -0.25) is 4.79 Å². The SMILES string of the molecule is Cc1cc(C)c(C(=O)[PH](=O)c2ccc(-c3ccccc3)cc2)c(C)c1. The van der Waals surface area contributed by atoms with E-state index in [4.69, 9.17) is 0 Å². The standard InChI is InChI=1S/C22H21O2P/c1-15-13-16(2)21(17(3)14-15)22(23)25(24)20-11-9-19(10-12-20)18-7-5-4-6-8-18/h4-14,25H,1-3H3. The fraction of sp³-hybridized carbons (Fsp3) is 0.136. The maximum atomic E-state index is 12.8. The first-order valence-electron chi connectivity index (χ1n) is 8.29. The van der Waals surface area contributed by atoms with Crippen LogP contribution < -0.4 is 5.30 Å². The molecule has 1 atom stereocenters. The lowest BCUT2D eigenvalue weighted by Gasteiger charge is -2.11. The second-order valence-corrected chi connectivity index (χ2v) is 8.07. The van der Waals surface area contributed by atoms with Crippen molar-refractivity contribution in [2.24, 2.45) is 0 Å². The van der Waals surface area contributed by atoms with E-state index in [2.05, 4.69) is 0 Å². The second kappa shape index (κ2) is 7.21. The summed E-state index contributed by atoms with van der Waals surface area (Å²) in [6, 6.07) is 21.4. The molecule has 0 amide bonds. The molecule has 3 heteroatoms. The number of rotatable bonds is 4. The maximum Gasteiger partial charge on any atom is 0.223 e. The minimum Gasteiger partial charge on any atom is -0.313 e. The normalized spacial score (nSPS) is 12.0. The van der Waals surface area contributed by atoms with Gasteiger partial charge >= 0.3 is 0 Å². The lowest BCUT2D eigenvalue weighted by atomic mass is 10.0. The van der Waals surface area contributed by atoms with Gasteiger partial charge in [-0.15, -0.1) is 0 Å². The Morgan fingerprint density at radius 2 is 1.28 bits per heavy atom. The van der Waals surface area contributed by atoms with Gasteiger partial charge in [0.2, 0.25) is 5.52 Å². The molecule has 2 nitrogen and oxygen atoms in total. The lowest BCUT2D eigenvalue weighted by molar-refractivity contribution is 0.107. The lowest BCUT2D eigenvalue weighted by Crippen LogP contribution is -2.07. The van der Waals surface area contributed by atoms with Crippen LogP contribution in [0.5, 0.6) is 0 Å². The highest BCUT2D eigenvalue weighted by Crippen LogP contribution is 2.31. The molecule has 0 saturated carbocycles. The molecule has 0 aromatic heterocycles. The Hall–Kier alpha value is -2.44. The molecule has 0 aliphatic carbocycles. The number of hydrogen-bond donors (Lipinski definition) is 0. The van der Waals surface area contributed by atoms with Crippen LogP contribution in [0.1, 0.15) is 27.0 Å². The summed E-state index contributed by atoms with van der Waals surface area (Å²) >= 11 is 0. The van der Waals surface area contributed by atoms with Crippen LogP contribution in [0.15, 0.2) is 66.7 Å². The number of hydrogen-bond acceptors (Lipinski definition) is 2. The van der Waals surface area contributed by atoms with Crippen molar-refractivity contribution < 1.29 is 9.36 Å². The summed E-state index contributed by atoms with van der Waals surface area (Å²) in [6.45, 7) is 5.81. The van der Waals surface area contributed by atoms with E-state index in [0.29, 0.717) is 10.9 Å². The topological polar surface area (TPSA) is 34.1 Å². The van der Waals surface area contributed by atoms with Crippen LogP contribution in [0.25, 0.3) is 11.1 Å². The number of carbonyl (C=O) groups excluding carboxylic acids is 1. The Labute approximate surface area is 149 Å². The highest BCUT2D eigenvalue weighted by atomic mass is 31.1. The van der Waals surface area contributed by atoms with E-state index < -0.39 is 7.80 Å². The summed E-state index contributed by atoms with van der Waals surface area (Å²) in [5.41, 5.74) is 5.38. The van der Waals surface area contributed by atoms with Crippen molar-refractivity contribution in [2.75, 3.05) is 0 Å². The fourth-order valence-electron chi connectivity index (χ4n) is 3.23. The predicted molar refractivity (Wildman–Crippen MR) is 105 cm³/mol. The molecular weight excluding hydrogens is 327 g/mol. The van der Waals surface area contributed by atoms with Crippen molar-refractivity contribution in [3.8, 4) is 11.1 Å². The second-order valence-electron chi connectivity index (χ2n) is 6.38. The summed E-state index contributed by atoms with van der Waals surface area (Å²) < 4.78 is 12.8. The van der Waals surface area contributed by atoms with Gasteiger partial charge < -0.3 is 4.57 Å².